The van der Waals surface area contributed by atoms with E-state index in [-0.39, 0.29) is 18.9 Å². The van der Waals surface area contributed by atoms with Gasteiger partial charge in [-0.05, 0) is 18.2 Å². The molecule has 1 aromatic carbocycles. The quantitative estimate of drug-likeness (QED) is 0.784. The molecule has 8 heteroatoms. The second kappa shape index (κ2) is 4.89. The molecule has 18 heavy (non-hydrogen) atoms. The molecule has 0 spiro atoms. The van der Waals surface area contributed by atoms with E-state index in [2.05, 4.69) is 0 Å². The van der Waals surface area contributed by atoms with Gasteiger partial charge in [0.05, 0.1) is 10.7 Å². The standard InChI is InChI=1S/C10H8Cl3NO3S/c11-6-1-2-8(12)9(3-6)14-5-7(4-10(14)15)18(13,16)17/h1-3,7H,4-5H2. The summed E-state index contributed by atoms with van der Waals surface area (Å²) in [5.41, 5.74) is 0.400. The molecule has 0 saturated carbocycles. The van der Waals surface area contributed by atoms with Crippen molar-refractivity contribution in [3.05, 3.63) is 28.2 Å². The number of benzene rings is 1. The van der Waals surface area contributed by atoms with E-state index in [0.29, 0.717) is 15.7 Å². The number of nitrogens with zero attached hydrogens (tertiary/aromatic N) is 1. The highest BCUT2D eigenvalue weighted by molar-refractivity contribution is 8.14. The number of hydrogen-bond acceptors (Lipinski definition) is 3. The molecule has 0 radical (unpaired) electrons. The molecule has 0 aromatic heterocycles. The molecule has 1 aromatic rings. The van der Waals surface area contributed by atoms with Crippen molar-refractivity contribution in [3.8, 4) is 0 Å². The fourth-order valence-electron chi connectivity index (χ4n) is 1.79. The van der Waals surface area contributed by atoms with Crippen LogP contribution in [0.3, 0.4) is 0 Å². The summed E-state index contributed by atoms with van der Waals surface area (Å²) in [5, 5.41) is -0.165. The van der Waals surface area contributed by atoms with Gasteiger partial charge in [-0.2, -0.15) is 0 Å². The van der Waals surface area contributed by atoms with Crippen molar-refractivity contribution in [1.29, 1.82) is 0 Å². The van der Waals surface area contributed by atoms with Gasteiger partial charge in [0, 0.05) is 28.7 Å². The van der Waals surface area contributed by atoms with Gasteiger partial charge in [0.2, 0.25) is 15.0 Å². The van der Waals surface area contributed by atoms with Crippen molar-refractivity contribution >= 4 is 54.5 Å². The van der Waals surface area contributed by atoms with Gasteiger partial charge in [0.1, 0.15) is 5.25 Å². The Hall–Kier alpha value is -0.490. The lowest BCUT2D eigenvalue weighted by atomic mass is 10.3. The number of anilines is 1. The maximum Gasteiger partial charge on any atom is 0.237 e. The zero-order valence-electron chi connectivity index (χ0n) is 8.94. The Morgan fingerprint density at radius 1 is 1.28 bits per heavy atom. The van der Waals surface area contributed by atoms with Crippen LogP contribution in [-0.2, 0) is 13.8 Å². The summed E-state index contributed by atoms with van der Waals surface area (Å²) < 4.78 is 22.5. The molecule has 0 N–H and O–H groups in total. The topological polar surface area (TPSA) is 54.5 Å². The molecule has 1 amide bonds. The zero-order valence-corrected chi connectivity index (χ0v) is 12.0. The van der Waals surface area contributed by atoms with Crippen LogP contribution in [0.1, 0.15) is 6.42 Å². The van der Waals surface area contributed by atoms with Crippen molar-refractivity contribution < 1.29 is 13.2 Å². The van der Waals surface area contributed by atoms with E-state index in [1.807, 2.05) is 0 Å². The van der Waals surface area contributed by atoms with Crippen LogP contribution in [0, 0.1) is 0 Å². The highest BCUT2D eigenvalue weighted by Crippen LogP contribution is 2.33. The third-order valence-corrected chi connectivity index (χ3v) is 5.11. The van der Waals surface area contributed by atoms with Crippen molar-refractivity contribution in [2.45, 2.75) is 11.7 Å². The van der Waals surface area contributed by atoms with Crippen LogP contribution in [0.25, 0.3) is 0 Å². The summed E-state index contributed by atoms with van der Waals surface area (Å²) in [6.07, 6.45) is -0.144. The first-order valence-electron chi connectivity index (χ1n) is 4.98. The Morgan fingerprint density at radius 2 is 1.94 bits per heavy atom. The number of carbonyl (C=O) groups excluding carboxylic acids is 1. The molecule has 1 heterocycles. The molecule has 1 atom stereocenters. The van der Waals surface area contributed by atoms with Crippen LogP contribution in [0.5, 0.6) is 0 Å². The molecule has 1 fully saturated rings. The van der Waals surface area contributed by atoms with E-state index >= 15 is 0 Å². The fraction of sp³-hybridized carbons (Fsp3) is 0.300. The molecule has 1 unspecified atom stereocenters. The van der Waals surface area contributed by atoms with Crippen LogP contribution < -0.4 is 4.90 Å². The van der Waals surface area contributed by atoms with Crippen LogP contribution in [0.2, 0.25) is 10.0 Å². The summed E-state index contributed by atoms with van der Waals surface area (Å²) in [6.45, 7) is -0.00920. The second-order valence-corrected chi connectivity index (χ2v) is 7.65. The van der Waals surface area contributed by atoms with Gasteiger partial charge in [0.15, 0.2) is 0 Å². The minimum atomic E-state index is -3.77. The third kappa shape index (κ3) is 2.74. The summed E-state index contributed by atoms with van der Waals surface area (Å²) in [7, 11) is 1.50. The van der Waals surface area contributed by atoms with E-state index in [0.717, 1.165) is 0 Å². The van der Waals surface area contributed by atoms with Crippen LogP contribution in [-0.4, -0.2) is 26.1 Å². The lowest BCUT2D eigenvalue weighted by molar-refractivity contribution is -0.117. The minimum Gasteiger partial charge on any atom is -0.309 e. The van der Waals surface area contributed by atoms with Gasteiger partial charge in [-0.3, -0.25) is 4.79 Å². The monoisotopic (exact) mass is 327 g/mol. The number of halogens is 3. The first-order chi connectivity index (χ1) is 8.29. The normalized spacial score (nSPS) is 20.5. The highest BCUT2D eigenvalue weighted by atomic mass is 35.7. The number of rotatable bonds is 2. The van der Waals surface area contributed by atoms with E-state index in [4.69, 9.17) is 33.9 Å². The van der Waals surface area contributed by atoms with Gasteiger partial charge in [0.25, 0.3) is 0 Å². The van der Waals surface area contributed by atoms with Gasteiger partial charge in [-0.15, -0.1) is 0 Å². The maximum atomic E-state index is 11.8. The third-order valence-electron chi connectivity index (χ3n) is 2.69. The Bertz CT molecular complexity index is 602. The molecular formula is C10H8Cl3NO3S. The van der Waals surface area contributed by atoms with Crippen LogP contribution in [0.15, 0.2) is 18.2 Å². The summed E-state index contributed by atoms with van der Waals surface area (Å²) >= 11 is 11.8. The van der Waals surface area contributed by atoms with E-state index < -0.39 is 14.3 Å². The van der Waals surface area contributed by atoms with Crippen molar-refractivity contribution in [3.63, 3.8) is 0 Å². The van der Waals surface area contributed by atoms with Crippen LogP contribution >= 0.6 is 33.9 Å². The van der Waals surface area contributed by atoms with Gasteiger partial charge in [-0.25, -0.2) is 8.42 Å². The van der Waals surface area contributed by atoms with Crippen LogP contribution in [0.4, 0.5) is 5.69 Å². The summed E-state index contributed by atoms with van der Waals surface area (Å²) in [6, 6.07) is 4.66. The molecule has 0 bridgehead atoms. The lowest BCUT2D eigenvalue weighted by Gasteiger charge is -2.17. The largest absolute Gasteiger partial charge is 0.309 e. The molecule has 1 saturated heterocycles. The number of carbonyl (C=O) groups is 1. The van der Waals surface area contributed by atoms with Crippen molar-refractivity contribution in [2.75, 3.05) is 11.4 Å². The van der Waals surface area contributed by atoms with E-state index in [1.165, 1.54) is 11.0 Å². The Kier molecular flexibility index (Phi) is 3.78. The first kappa shape index (κ1) is 13.9. The molecule has 1 aliphatic heterocycles. The Morgan fingerprint density at radius 3 is 2.50 bits per heavy atom. The average Bonchev–Trinajstić information content (AvgIpc) is 2.64. The predicted octanol–water partition coefficient (Wildman–Crippen LogP) is 2.67. The molecule has 2 rings (SSSR count). The number of hydrogen-bond donors (Lipinski definition) is 0. The van der Waals surface area contributed by atoms with E-state index in [1.54, 1.807) is 12.1 Å². The molecule has 0 aliphatic carbocycles. The molecule has 1 aliphatic rings. The highest BCUT2D eigenvalue weighted by Gasteiger charge is 2.38. The summed E-state index contributed by atoms with van der Waals surface area (Å²) in [4.78, 5) is 13.1. The first-order valence-corrected chi connectivity index (χ1v) is 8.11. The fourth-order valence-corrected chi connectivity index (χ4v) is 3.20. The molecule has 98 valence electrons. The zero-order chi connectivity index (χ0) is 13.5. The summed E-state index contributed by atoms with van der Waals surface area (Å²) in [5.74, 6) is -0.339. The Balaban J connectivity index is 2.35. The van der Waals surface area contributed by atoms with Gasteiger partial charge >= 0.3 is 0 Å². The molecular weight excluding hydrogens is 321 g/mol. The van der Waals surface area contributed by atoms with E-state index in [9.17, 15) is 13.2 Å². The number of amides is 1. The van der Waals surface area contributed by atoms with Crippen molar-refractivity contribution in [1.82, 2.24) is 0 Å². The van der Waals surface area contributed by atoms with Gasteiger partial charge < -0.3 is 4.90 Å². The smallest absolute Gasteiger partial charge is 0.237 e. The maximum absolute atomic E-state index is 11.8. The van der Waals surface area contributed by atoms with Gasteiger partial charge in [-0.1, -0.05) is 23.2 Å². The van der Waals surface area contributed by atoms with Crippen molar-refractivity contribution in [2.24, 2.45) is 0 Å². The Labute approximate surface area is 119 Å². The lowest BCUT2D eigenvalue weighted by Crippen LogP contribution is -2.26. The molecule has 4 nitrogen and oxygen atoms in total. The minimum absolute atomic E-state index is 0.00920. The predicted molar refractivity (Wildman–Crippen MR) is 72.0 cm³/mol. The SMILES string of the molecule is O=C1CC(S(=O)(=O)Cl)CN1c1cc(Cl)ccc1Cl. The second-order valence-electron chi connectivity index (χ2n) is 3.90. The average molecular weight is 329 g/mol.